The van der Waals surface area contributed by atoms with Crippen LogP contribution in [0.25, 0.3) is 0 Å². The van der Waals surface area contributed by atoms with Crippen molar-refractivity contribution in [2.24, 2.45) is 0 Å². The van der Waals surface area contributed by atoms with Crippen LogP contribution in [-0.2, 0) is 56.0 Å². The van der Waals surface area contributed by atoms with Crippen molar-refractivity contribution < 1.29 is 75.2 Å². The first-order valence-electron chi connectivity index (χ1n) is 0.894. The minimum Gasteiger partial charge on any atom is -0.368 e. The standard InChI is InChI=1S/Mn.H4O4Si.2Zn/c;1-5(2,3)4;;/h;1-4H;;. The maximum absolute atomic E-state index is 7.33. The van der Waals surface area contributed by atoms with Gasteiger partial charge in [-0.15, -0.1) is 0 Å². The van der Waals surface area contributed by atoms with Crippen molar-refractivity contribution in [3.63, 3.8) is 0 Å². The second-order valence-electron chi connectivity index (χ2n) is 0.600. The summed E-state index contributed by atoms with van der Waals surface area (Å²) in [5.41, 5.74) is 0. The zero-order valence-corrected chi connectivity index (χ0v) is 12.2. The largest absolute Gasteiger partial charge is 0.668 e. The van der Waals surface area contributed by atoms with Crippen LogP contribution >= 0.6 is 0 Å². The second-order valence-corrected chi connectivity index (χ2v) is 1.80. The van der Waals surface area contributed by atoms with E-state index in [-0.39, 0.29) is 56.0 Å². The minimum absolute atomic E-state index is 0. The smallest absolute Gasteiger partial charge is 0.368 e. The predicted octanol–water partition coefficient (Wildman–Crippen LogP) is -2.62. The van der Waals surface area contributed by atoms with E-state index in [4.69, 9.17) is 19.2 Å². The molecule has 0 saturated heterocycles. The fraction of sp³-hybridized carbons (Fsp3) is 0. The first kappa shape index (κ1) is 22.6. The van der Waals surface area contributed by atoms with Gasteiger partial charge < -0.3 is 19.2 Å². The van der Waals surface area contributed by atoms with E-state index < -0.39 is 9.05 Å². The molecule has 0 bridgehead atoms. The third kappa shape index (κ3) is 110. The van der Waals surface area contributed by atoms with Gasteiger partial charge in [0.25, 0.3) is 0 Å². The van der Waals surface area contributed by atoms with Crippen molar-refractivity contribution in [3.8, 4) is 0 Å². The second kappa shape index (κ2) is 8.82. The monoisotopic (exact) mass is 279 g/mol. The van der Waals surface area contributed by atoms with Gasteiger partial charge in [-0.1, -0.05) is 0 Å². The van der Waals surface area contributed by atoms with Gasteiger partial charge in [-0.3, -0.25) is 0 Å². The Morgan fingerprint density at radius 3 is 0.750 bits per heavy atom. The number of hydrogen-bond donors (Lipinski definition) is 4. The molecule has 0 aliphatic carbocycles. The average molecular weight is 282 g/mol. The number of rotatable bonds is 0. The molecule has 0 unspecified atom stereocenters. The summed E-state index contributed by atoms with van der Waals surface area (Å²) in [5, 5.41) is 0. The Bertz CT molecular complexity index is 29.5. The van der Waals surface area contributed by atoms with Crippen LogP contribution in [0.1, 0.15) is 0 Å². The Hall–Kier alpha value is 1.82. The number of hydrogen-bond acceptors (Lipinski definition) is 4. The Labute approximate surface area is 83.8 Å². The molecule has 0 atom stereocenters. The Morgan fingerprint density at radius 1 is 0.750 bits per heavy atom. The van der Waals surface area contributed by atoms with Gasteiger partial charge >= 0.3 is 9.05 Å². The molecule has 0 amide bonds. The molecular formula is H4MnO4SiZn2. The van der Waals surface area contributed by atoms with Crippen LogP contribution in [0.2, 0.25) is 0 Å². The fourth-order valence-electron chi connectivity index (χ4n) is 0. The van der Waals surface area contributed by atoms with E-state index in [2.05, 4.69) is 0 Å². The summed E-state index contributed by atoms with van der Waals surface area (Å²) >= 11 is 0. The van der Waals surface area contributed by atoms with Gasteiger partial charge in [0.15, 0.2) is 0 Å². The molecule has 0 spiro atoms. The maximum atomic E-state index is 7.33. The van der Waals surface area contributed by atoms with Gasteiger partial charge in [0, 0.05) is 56.0 Å². The van der Waals surface area contributed by atoms with Gasteiger partial charge in [-0.05, 0) is 0 Å². The van der Waals surface area contributed by atoms with Crippen molar-refractivity contribution >= 4 is 9.05 Å². The molecule has 0 aromatic rings. The molecule has 0 aliphatic heterocycles. The topological polar surface area (TPSA) is 80.9 Å². The molecule has 1 radical (unpaired) electrons. The van der Waals surface area contributed by atoms with Gasteiger partial charge in [-0.2, -0.15) is 0 Å². The molecule has 0 fully saturated rings. The van der Waals surface area contributed by atoms with Crippen molar-refractivity contribution in [1.29, 1.82) is 0 Å². The zero-order valence-electron chi connectivity index (χ0n) is 4.08. The van der Waals surface area contributed by atoms with Crippen LogP contribution in [0.15, 0.2) is 0 Å². The van der Waals surface area contributed by atoms with E-state index in [1.165, 1.54) is 0 Å². The summed E-state index contributed by atoms with van der Waals surface area (Å²) in [6, 6.07) is 0. The minimum atomic E-state index is -4.61. The molecule has 0 saturated carbocycles. The molecule has 0 aromatic heterocycles. The fourth-order valence-corrected chi connectivity index (χ4v) is 0. The van der Waals surface area contributed by atoms with Gasteiger partial charge in [0.1, 0.15) is 0 Å². The summed E-state index contributed by atoms with van der Waals surface area (Å²) in [7, 11) is -4.61. The van der Waals surface area contributed by atoms with Gasteiger partial charge in [-0.25, -0.2) is 0 Å². The first-order chi connectivity index (χ1) is 2.00. The summed E-state index contributed by atoms with van der Waals surface area (Å²) in [6.07, 6.45) is 0. The predicted molar refractivity (Wildman–Crippen MR) is 14.6 cm³/mol. The molecule has 0 heterocycles. The van der Waals surface area contributed by atoms with E-state index in [1.54, 1.807) is 0 Å². The van der Waals surface area contributed by atoms with E-state index in [9.17, 15) is 0 Å². The van der Waals surface area contributed by atoms with Crippen molar-refractivity contribution in [2.45, 2.75) is 0 Å². The Kier molecular flexibility index (Phi) is 24.9. The zero-order chi connectivity index (χ0) is 4.50. The quantitative estimate of drug-likeness (QED) is 0.367. The SMILES string of the molecule is O[Si](O)(O)O.[Mn].[Zn].[Zn]. The summed E-state index contributed by atoms with van der Waals surface area (Å²) in [4.78, 5) is 29.3. The van der Waals surface area contributed by atoms with Crippen LogP contribution in [0, 0.1) is 0 Å². The van der Waals surface area contributed by atoms with Gasteiger partial charge in [0.05, 0.1) is 0 Å². The third-order valence-corrected chi connectivity index (χ3v) is 0. The first-order valence-corrected chi connectivity index (χ1v) is 2.68. The molecule has 43 valence electrons. The Morgan fingerprint density at radius 2 is 0.750 bits per heavy atom. The summed E-state index contributed by atoms with van der Waals surface area (Å²) < 4.78 is 0. The van der Waals surface area contributed by atoms with Crippen LogP contribution in [0.3, 0.4) is 0 Å². The molecule has 4 N–H and O–H groups in total. The third-order valence-electron chi connectivity index (χ3n) is 0. The van der Waals surface area contributed by atoms with E-state index in [0.29, 0.717) is 0 Å². The van der Waals surface area contributed by atoms with Crippen LogP contribution < -0.4 is 0 Å². The van der Waals surface area contributed by atoms with E-state index in [0.717, 1.165) is 0 Å². The summed E-state index contributed by atoms with van der Waals surface area (Å²) in [6.45, 7) is 0. The molecule has 0 aromatic carbocycles. The average Bonchev–Trinajstić information content (AvgIpc) is 0.722. The van der Waals surface area contributed by atoms with Crippen LogP contribution in [0.4, 0.5) is 0 Å². The van der Waals surface area contributed by atoms with Crippen molar-refractivity contribution in [2.75, 3.05) is 0 Å². The maximum Gasteiger partial charge on any atom is 0.668 e. The van der Waals surface area contributed by atoms with Gasteiger partial charge in [0.2, 0.25) is 0 Å². The molecule has 0 rings (SSSR count). The molecule has 8 heavy (non-hydrogen) atoms. The van der Waals surface area contributed by atoms with Crippen molar-refractivity contribution in [3.05, 3.63) is 0 Å². The molecule has 0 aliphatic rings. The normalized spacial score (nSPS) is 7.50. The van der Waals surface area contributed by atoms with Crippen LogP contribution in [0.5, 0.6) is 0 Å². The van der Waals surface area contributed by atoms with Crippen molar-refractivity contribution in [1.82, 2.24) is 0 Å². The van der Waals surface area contributed by atoms with E-state index >= 15 is 0 Å². The molecule has 4 nitrogen and oxygen atoms in total. The Balaban J connectivity index is -0.0000000267. The van der Waals surface area contributed by atoms with E-state index in [1.807, 2.05) is 0 Å². The van der Waals surface area contributed by atoms with Crippen LogP contribution in [-0.4, -0.2) is 28.2 Å². The molecular weight excluding hydrogens is 278 g/mol. The summed E-state index contributed by atoms with van der Waals surface area (Å²) in [5.74, 6) is 0. The molecule has 8 heteroatoms.